The molecule has 0 aromatic heterocycles. The lowest BCUT2D eigenvalue weighted by Gasteiger charge is -2.44. The molecular formula is C16H28NO7Si. The van der Waals surface area contributed by atoms with Crippen LogP contribution in [0.2, 0.25) is 0 Å². The van der Waals surface area contributed by atoms with Crippen molar-refractivity contribution in [2.75, 3.05) is 19.8 Å². The van der Waals surface area contributed by atoms with E-state index in [9.17, 15) is 9.59 Å². The lowest BCUT2D eigenvalue weighted by molar-refractivity contribution is -0.299. The van der Waals surface area contributed by atoms with Crippen molar-refractivity contribution in [3.05, 3.63) is 12.2 Å². The van der Waals surface area contributed by atoms with Gasteiger partial charge in [0.2, 0.25) is 12.1 Å². The Hall–Kier alpha value is -1.42. The zero-order valence-electron chi connectivity index (χ0n) is 15.8. The minimum Gasteiger partial charge on any atom is -0.422 e. The van der Waals surface area contributed by atoms with Crippen molar-refractivity contribution >= 4 is 22.3 Å². The molecule has 0 aliphatic rings. The summed E-state index contributed by atoms with van der Waals surface area (Å²) < 4.78 is 26.8. The van der Waals surface area contributed by atoms with Gasteiger partial charge in [-0.25, -0.2) is 9.59 Å². The quantitative estimate of drug-likeness (QED) is 0.255. The van der Waals surface area contributed by atoms with Gasteiger partial charge in [0, 0.05) is 32.3 Å². The molecule has 0 rings (SSSR count). The third-order valence-corrected chi connectivity index (χ3v) is 3.74. The van der Waals surface area contributed by atoms with Gasteiger partial charge in [0.05, 0.1) is 0 Å². The maximum Gasteiger partial charge on any atom is 0.412 e. The van der Waals surface area contributed by atoms with E-state index in [0.29, 0.717) is 13.2 Å². The largest absolute Gasteiger partial charge is 0.422 e. The number of ether oxygens (including phenoxy) is 5. The van der Waals surface area contributed by atoms with Gasteiger partial charge in [-0.1, -0.05) is 6.58 Å². The number of esters is 1. The third kappa shape index (κ3) is 7.15. The third-order valence-electron chi connectivity index (χ3n) is 3.01. The first-order chi connectivity index (χ1) is 11.5. The molecule has 0 aromatic rings. The predicted octanol–water partition coefficient (Wildman–Crippen LogP) is 1.83. The molecule has 1 N–H and O–H groups in total. The van der Waals surface area contributed by atoms with Crippen LogP contribution in [0, 0.1) is 0 Å². The van der Waals surface area contributed by atoms with Crippen molar-refractivity contribution in [2.24, 2.45) is 0 Å². The zero-order valence-corrected chi connectivity index (χ0v) is 16.8. The molecule has 25 heavy (non-hydrogen) atoms. The fourth-order valence-electron chi connectivity index (χ4n) is 1.89. The van der Waals surface area contributed by atoms with Crippen LogP contribution in [0.25, 0.3) is 0 Å². The molecule has 1 amide bonds. The van der Waals surface area contributed by atoms with Gasteiger partial charge in [0.15, 0.2) is 5.35 Å². The molecule has 0 saturated heterocycles. The fourth-order valence-corrected chi connectivity index (χ4v) is 2.28. The lowest BCUT2D eigenvalue weighted by Crippen LogP contribution is -2.67. The lowest BCUT2D eigenvalue weighted by atomic mass is 10.2. The number of hydrogen-bond donors (Lipinski definition) is 1. The van der Waals surface area contributed by atoms with E-state index in [0.717, 1.165) is 0 Å². The van der Waals surface area contributed by atoms with E-state index in [1.165, 1.54) is 13.8 Å². The SMILES string of the molecule is C=C(C)C(=O)OC(C)OC(=O)NC([Si])(OCC)C(C)(OCC)OCC. The topological polar surface area (TPSA) is 92.3 Å². The standard InChI is InChI=1S/C16H28NO7Si/c1-8-20-15(7,21-9-2)16(25,22-10-3)17-14(19)24-12(6)23-13(18)11(4)5/h12H,4,8-10H2,1-3,5-7H3,(H,17,19). The van der Waals surface area contributed by atoms with Crippen LogP contribution in [0.5, 0.6) is 0 Å². The highest BCUT2D eigenvalue weighted by Crippen LogP contribution is 2.27. The highest BCUT2D eigenvalue weighted by Gasteiger charge is 2.49. The van der Waals surface area contributed by atoms with E-state index in [-0.39, 0.29) is 12.2 Å². The average molecular weight is 374 g/mol. The highest BCUT2D eigenvalue weighted by atomic mass is 28.1. The molecule has 0 aliphatic carbocycles. The second-order valence-electron chi connectivity index (χ2n) is 5.21. The van der Waals surface area contributed by atoms with Crippen molar-refractivity contribution in [2.45, 2.75) is 59.0 Å². The van der Waals surface area contributed by atoms with Gasteiger partial charge < -0.3 is 23.7 Å². The highest BCUT2D eigenvalue weighted by molar-refractivity contribution is 6.16. The van der Waals surface area contributed by atoms with Crippen LogP contribution >= 0.6 is 0 Å². The summed E-state index contributed by atoms with van der Waals surface area (Å²) in [5.41, 5.74) is 0.194. The van der Waals surface area contributed by atoms with Gasteiger partial charge >= 0.3 is 12.1 Å². The Morgan fingerprint density at radius 1 is 1.08 bits per heavy atom. The normalized spacial score (nSPS) is 15.0. The maximum absolute atomic E-state index is 12.2. The van der Waals surface area contributed by atoms with Crippen LogP contribution in [0.1, 0.15) is 41.5 Å². The second kappa shape index (κ2) is 10.5. The van der Waals surface area contributed by atoms with Crippen LogP contribution in [-0.2, 0) is 28.5 Å². The Kier molecular flexibility index (Phi) is 9.94. The maximum atomic E-state index is 12.2. The molecule has 0 fully saturated rings. The number of nitrogens with one attached hydrogen (secondary N) is 1. The van der Waals surface area contributed by atoms with E-state index in [1.54, 1.807) is 27.7 Å². The van der Waals surface area contributed by atoms with Crippen LogP contribution in [-0.4, -0.2) is 59.6 Å². The zero-order chi connectivity index (χ0) is 19.7. The second-order valence-corrected chi connectivity index (χ2v) is 5.91. The fraction of sp³-hybridized carbons (Fsp3) is 0.750. The Morgan fingerprint density at radius 2 is 1.56 bits per heavy atom. The minimum atomic E-state index is -1.52. The van der Waals surface area contributed by atoms with Crippen molar-refractivity contribution in [3.8, 4) is 0 Å². The van der Waals surface area contributed by atoms with Crippen molar-refractivity contribution < 1.29 is 33.3 Å². The van der Waals surface area contributed by atoms with Gasteiger partial charge in [0.1, 0.15) is 10.2 Å². The van der Waals surface area contributed by atoms with Crippen LogP contribution in [0.3, 0.4) is 0 Å². The first-order valence-electron chi connectivity index (χ1n) is 8.07. The smallest absolute Gasteiger partial charge is 0.412 e. The molecule has 0 aromatic carbocycles. The van der Waals surface area contributed by atoms with Crippen LogP contribution in [0.15, 0.2) is 12.2 Å². The minimum absolute atomic E-state index is 0.194. The number of amides is 1. The summed E-state index contributed by atoms with van der Waals surface area (Å²) in [4.78, 5) is 23.6. The first kappa shape index (κ1) is 23.6. The number of carbonyl (C=O) groups excluding carboxylic acids is 2. The molecule has 9 heteroatoms. The number of carbonyl (C=O) groups is 2. The van der Waals surface area contributed by atoms with Gasteiger partial charge in [0.25, 0.3) is 0 Å². The Balaban J connectivity index is 5.12. The summed E-state index contributed by atoms with van der Waals surface area (Å²) >= 11 is 0. The molecule has 0 bridgehead atoms. The summed E-state index contributed by atoms with van der Waals surface area (Å²) in [6, 6.07) is 0. The van der Waals surface area contributed by atoms with E-state index >= 15 is 0 Å². The summed E-state index contributed by atoms with van der Waals surface area (Å²) in [5, 5.41) is 0.980. The van der Waals surface area contributed by atoms with E-state index in [4.69, 9.17) is 23.7 Å². The predicted molar refractivity (Wildman–Crippen MR) is 91.8 cm³/mol. The van der Waals surface area contributed by atoms with Crippen molar-refractivity contribution in [1.82, 2.24) is 5.32 Å². The Bertz CT molecular complexity index is 465. The van der Waals surface area contributed by atoms with E-state index in [1.807, 2.05) is 0 Å². The Labute approximate surface area is 152 Å². The molecule has 143 valence electrons. The van der Waals surface area contributed by atoms with Gasteiger partial charge in [-0.3, -0.25) is 5.32 Å². The van der Waals surface area contributed by atoms with Crippen LogP contribution < -0.4 is 5.32 Å². The molecule has 0 spiro atoms. The number of alkyl carbamates (subject to hydrolysis) is 1. The number of rotatable bonds is 11. The van der Waals surface area contributed by atoms with E-state index < -0.39 is 29.5 Å². The molecule has 2 atom stereocenters. The summed E-state index contributed by atoms with van der Waals surface area (Å²) in [6.07, 6.45) is -2.01. The first-order valence-corrected chi connectivity index (χ1v) is 8.57. The molecule has 0 saturated carbocycles. The molecule has 8 nitrogen and oxygen atoms in total. The molecular weight excluding hydrogens is 346 g/mol. The summed E-state index contributed by atoms with van der Waals surface area (Å²) in [5.74, 6) is -2.00. The summed E-state index contributed by atoms with van der Waals surface area (Å²) in [6.45, 7) is 14.2. The monoisotopic (exact) mass is 374 g/mol. The van der Waals surface area contributed by atoms with Gasteiger partial charge in [-0.2, -0.15) is 0 Å². The van der Waals surface area contributed by atoms with Crippen molar-refractivity contribution in [3.63, 3.8) is 0 Å². The molecule has 0 heterocycles. The van der Waals surface area contributed by atoms with Crippen LogP contribution in [0.4, 0.5) is 4.79 Å². The Morgan fingerprint density at radius 3 is 1.96 bits per heavy atom. The molecule has 3 radical (unpaired) electrons. The average Bonchev–Trinajstić information content (AvgIpc) is 2.47. The van der Waals surface area contributed by atoms with Gasteiger partial charge in [-0.05, 0) is 34.6 Å². The van der Waals surface area contributed by atoms with Gasteiger partial charge in [-0.15, -0.1) is 0 Å². The summed E-state index contributed by atoms with van der Waals surface area (Å²) in [7, 11) is 3.39. The molecule has 0 aliphatic heterocycles. The van der Waals surface area contributed by atoms with Crippen molar-refractivity contribution in [1.29, 1.82) is 0 Å². The van der Waals surface area contributed by atoms with E-state index in [2.05, 4.69) is 22.1 Å². The molecule has 2 unspecified atom stereocenters. The number of hydrogen-bond acceptors (Lipinski definition) is 7.